The van der Waals surface area contributed by atoms with Crippen LogP contribution in [0.25, 0.3) is 0 Å². The predicted octanol–water partition coefficient (Wildman–Crippen LogP) is 3.87. The van der Waals surface area contributed by atoms with Crippen molar-refractivity contribution in [1.29, 1.82) is 0 Å². The van der Waals surface area contributed by atoms with Gasteiger partial charge in [0.05, 0.1) is 5.01 Å². The van der Waals surface area contributed by atoms with Gasteiger partial charge in [0.25, 0.3) is 0 Å². The van der Waals surface area contributed by atoms with Gasteiger partial charge in [-0.15, -0.1) is 11.3 Å². The Bertz CT molecular complexity index is 621. The molecule has 2 rings (SSSR count). The fourth-order valence-corrected chi connectivity index (χ4v) is 3.31. The van der Waals surface area contributed by atoms with Gasteiger partial charge in [0.2, 0.25) is 0 Å². The Morgan fingerprint density at radius 2 is 2.04 bits per heavy atom. The summed E-state index contributed by atoms with van der Waals surface area (Å²) in [7, 11) is 2.09. The first-order valence-corrected chi connectivity index (χ1v) is 9.51. The lowest BCUT2D eigenvalue weighted by atomic mass is 10.2. The average Bonchev–Trinajstić information content (AvgIpc) is 3.00. The highest BCUT2D eigenvalue weighted by Gasteiger charge is 2.06. The van der Waals surface area contributed by atoms with Crippen LogP contribution in [0.2, 0.25) is 0 Å². The van der Waals surface area contributed by atoms with E-state index in [4.69, 9.17) is 4.99 Å². The number of rotatable bonds is 8. The maximum absolute atomic E-state index is 4.76. The predicted molar refractivity (Wildman–Crippen MR) is 104 cm³/mol. The van der Waals surface area contributed by atoms with Gasteiger partial charge in [-0.2, -0.15) is 0 Å². The van der Waals surface area contributed by atoms with Gasteiger partial charge in [-0.05, 0) is 38.7 Å². The zero-order chi connectivity index (χ0) is 17.2. The fourth-order valence-electron chi connectivity index (χ4n) is 2.49. The molecule has 1 heterocycles. The summed E-state index contributed by atoms with van der Waals surface area (Å²) in [4.78, 5) is 11.5. The van der Waals surface area contributed by atoms with Crippen molar-refractivity contribution >= 4 is 17.3 Å². The lowest BCUT2D eigenvalue weighted by Gasteiger charge is -2.22. The van der Waals surface area contributed by atoms with Crippen LogP contribution in [-0.2, 0) is 13.0 Å². The lowest BCUT2D eigenvalue weighted by Crippen LogP contribution is -2.38. The molecule has 24 heavy (non-hydrogen) atoms. The van der Waals surface area contributed by atoms with Crippen molar-refractivity contribution in [2.45, 2.75) is 39.7 Å². The summed E-state index contributed by atoms with van der Waals surface area (Å²) < 4.78 is 0. The van der Waals surface area contributed by atoms with Crippen molar-refractivity contribution in [2.75, 3.05) is 20.1 Å². The number of unbranched alkanes of at least 4 members (excludes halogenated alkanes) is 1. The quantitative estimate of drug-likeness (QED) is 0.449. The van der Waals surface area contributed by atoms with Crippen LogP contribution in [0.4, 0.5) is 0 Å². The molecular weight excluding hydrogens is 316 g/mol. The maximum Gasteiger partial charge on any atom is 0.193 e. The van der Waals surface area contributed by atoms with Crippen molar-refractivity contribution in [3.63, 3.8) is 0 Å². The van der Waals surface area contributed by atoms with Crippen LogP contribution in [0.15, 0.2) is 40.7 Å². The van der Waals surface area contributed by atoms with E-state index in [9.17, 15) is 0 Å². The van der Waals surface area contributed by atoms with Gasteiger partial charge < -0.3 is 10.2 Å². The van der Waals surface area contributed by atoms with Gasteiger partial charge in [0, 0.05) is 37.8 Å². The first-order valence-electron chi connectivity index (χ1n) is 8.63. The Balaban J connectivity index is 1.78. The van der Waals surface area contributed by atoms with Crippen LogP contribution in [0, 0.1) is 6.92 Å². The van der Waals surface area contributed by atoms with Crippen LogP contribution >= 0.6 is 11.3 Å². The number of hydrogen-bond acceptors (Lipinski definition) is 3. The number of benzene rings is 1. The van der Waals surface area contributed by atoms with Crippen molar-refractivity contribution < 1.29 is 0 Å². The summed E-state index contributed by atoms with van der Waals surface area (Å²) in [5.74, 6) is 0.978. The van der Waals surface area contributed by atoms with Gasteiger partial charge in [0.15, 0.2) is 5.96 Å². The minimum absolute atomic E-state index is 0.853. The highest BCUT2D eigenvalue weighted by atomic mass is 32.1. The van der Waals surface area contributed by atoms with Gasteiger partial charge >= 0.3 is 0 Å². The van der Waals surface area contributed by atoms with E-state index < -0.39 is 0 Å². The monoisotopic (exact) mass is 344 g/mol. The number of aliphatic imine (C=N–C) groups is 1. The second-order valence-corrected chi connectivity index (χ2v) is 6.86. The highest BCUT2D eigenvalue weighted by Crippen LogP contribution is 2.11. The highest BCUT2D eigenvalue weighted by molar-refractivity contribution is 7.09. The second-order valence-electron chi connectivity index (χ2n) is 5.92. The third-order valence-corrected chi connectivity index (χ3v) is 4.71. The Morgan fingerprint density at radius 1 is 1.25 bits per heavy atom. The summed E-state index contributed by atoms with van der Waals surface area (Å²) in [6.45, 7) is 6.76. The van der Waals surface area contributed by atoms with Crippen molar-refractivity contribution in [3.8, 4) is 0 Å². The molecule has 1 N–H and O–H groups in total. The zero-order valence-corrected chi connectivity index (χ0v) is 15.8. The SMILES string of the molecule is CCNC(=NCCCCc1nc(C)cs1)N(C)Cc1ccccc1. The van der Waals surface area contributed by atoms with Gasteiger partial charge in [0.1, 0.15) is 0 Å². The molecule has 0 unspecified atom stereocenters. The molecular formula is C19H28N4S. The standard InChI is InChI=1S/C19H28N4S/c1-4-20-19(23(3)14-17-10-6-5-7-11-17)21-13-9-8-12-18-22-16(2)15-24-18/h5-7,10-11,15H,4,8-9,12-14H2,1-3H3,(H,20,21). The molecule has 0 amide bonds. The lowest BCUT2D eigenvalue weighted by molar-refractivity contribution is 0.476. The molecule has 0 saturated carbocycles. The van der Waals surface area contributed by atoms with Gasteiger partial charge in [-0.1, -0.05) is 30.3 Å². The average molecular weight is 345 g/mol. The molecule has 0 aliphatic heterocycles. The summed E-state index contributed by atoms with van der Waals surface area (Å²) in [5, 5.41) is 6.74. The van der Waals surface area contributed by atoms with E-state index >= 15 is 0 Å². The molecule has 0 atom stereocenters. The minimum atomic E-state index is 0.853. The topological polar surface area (TPSA) is 40.5 Å². The first-order chi connectivity index (χ1) is 11.7. The second kappa shape index (κ2) is 10.1. The third-order valence-electron chi connectivity index (χ3n) is 3.69. The van der Waals surface area contributed by atoms with E-state index in [2.05, 4.69) is 65.7 Å². The molecule has 1 aromatic carbocycles. The Morgan fingerprint density at radius 3 is 2.71 bits per heavy atom. The molecule has 0 fully saturated rings. The van der Waals surface area contributed by atoms with Crippen molar-refractivity contribution in [1.82, 2.24) is 15.2 Å². The first kappa shape index (κ1) is 18.5. The molecule has 5 heteroatoms. The number of thiazole rings is 1. The molecule has 0 spiro atoms. The number of nitrogens with zero attached hydrogens (tertiary/aromatic N) is 3. The molecule has 0 radical (unpaired) electrons. The van der Waals surface area contributed by atoms with E-state index in [0.29, 0.717) is 0 Å². The van der Waals surface area contributed by atoms with Crippen molar-refractivity contribution in [3.05, 3.63) is 52.0 Å². The number of aromatic nitrogens is 1. The molecule has 1 aromatic heterocycles. The van der Waals surface area contributed by atoms with Crippen LogP contribution < -0.4 is 5.32 Å². The van der Waals surface area contributed by atoms with Crippen LogP contribution in [0.5, 0.6) is 0 Å². The fraction of sp³-hybridized carbons (Fsp3) is 0.474. The summed E-state index contributed by atoms with van der Waals surface area (Å²) >= 11 is 1.76. The zero-order valence-electron chi connectivity index (χ0n) is 15.0. The summed E-state index contributed by atoms with van der Waals surface area (Å²) in [5.41, 5.74) is 2.43. The van der Waals surface area contributed by atoms with E-state index in [-0.39, 0.29) is 0 Å². The minimum Gasteiger partial charge on any atom is -0.357 e. The molecule has 0 bridgehead atoms. The molecule has 0 saturated heterocycles. The molecule has 0 aliphatic rings. The Labute approximate surface area is 149 Å². The number of nitrogens with one attached hydrogen (secondary N) is 1. The summed E-state index contributed by atoms with van der Waals surface area (Å²) in [6.07, 6.45) is 3.29. The molecule has 2 aromatic rings. The Kier molecular flexibility index (Phi) is 7.75. The van der Waals surface area contributed by atoms with E-state index in [1.807, 2.05) is 6.07 Å². The smallest absolute Gasteiger partial charge is 0.193 e. The van der Waals surface area contributed by atoms with E-state index in [1.165, 1.54) is 10.6 Å². The van der Waals surface area contributed by atoms with Gasteiger partial charge in [-0.25, -0.2) is 4.98 Å². The Hall–Kier alpha value is -1.88. The van der Waals surface area contributed by atoms with Crippen LogP contribution in [-0.4, -0.2) is 36.0 Å². The molecule has 4 nitrogen and oxygen atoms in total. The maximum atomic E-state index is 4.76. The van der Waals surface area contributed by atoms with E-state index in [1.54, 1.807) is 11.3 Å². The van der Waals surface area contributed by atoms with Gasteiger partial charge in [-0.3, -0.25) is 4.99 Å². The van der Waals surface area contributed by atoms with E-state index in [0.717, 1.165) is 50.6 Å². The number of guanidine groups is 1. The third kappa shape index (κ3) is 6.32. The molecule has 130 valence electrons. The van der Waals surface area contributed by atoms with Crippen LogP contribution in [0.3, 0.4) is 0 Å². The normalized spacial score (nSPS) is 11.5. The van der Waals surface area contributed by atoms with Crippen molar-refractivity contribution in [2.24, 2.45) is 4.99 Å². The number of hydrogen-bond donors (Lipinski definition) is 1. The molecule has 0 aliphatic carbocycles. The van der Waals surface area contributed by atoms with Crippen LogP contribution in [0.1, 0.15) is 36.0 Å². The number of aryl methyl sites for hydroxylation is 2. The largest absolute Gasteiger partial charge is 0.357 e. The summed E-state index contributed by atoms with van der Waals surface area (Å²) in [6, 6.07) is 10.5.